The zero-order valence-corrected chi connectivity index (χ0v) is 12.5. The van der Waals surface area contributed by atoms with Crippen molar-refractivity contribution >= 4 is 5.91 Å². The van der Waals surface area contributed by atoms with Crippen LogP contribution in [0.25, 0.3) is 0 Å². The lowest BCUT2D eigenvalue weighted by Gasteiger charge is -2.38. The highest BCUT2D eigenvalue weighted by Crippen LogP contribution is 2.38. The van der Waals surface area contributed by atoms with Crippen molar-refractivity contribution in [2.75, 3.05) is 7.11 Å². The highest BCUT2D eigenvalue weighted by molar-refractivity contribution is 5.91. The molecule has 1 atom stereocenters. The monoisotopic (exact) mass is 319 g/mol. The van der Waals surface area contributed by atoms with Crippen molar-refractivity contribution in [3.05, 3.63) is 46.2 Å². The number of ether oxygens (including phenoxy) is 1. The number of aliphatic hydroxyl groups is 1. The summed E-state index contributed by atoms with van der Waals surface area (Å²) in [5.74, 6) is 0.0663. The molecular formula is C15H17N3O5. The molecule has 0 aromatic carbocycles. The van der Waals surface area contributed by atoms with Gasteiger partial charge < -0.3 is 19.7 Å². The Bertz CT molecular complexity index is 747. The smallest absolute Gasteiger partial charge is 0.290 e. The van der Waals surface area contributed by atoms with E-state index in [0.29, 0.717) is 18.6 Å². The van der Waals surface area contributed by atoms with Crippen LogP contribution in [0.2, 0.25) is 0 Å². The number of aromatic nitrogens is 2. The first kappa shape index (κ1) is 15.3. The molecule has 1 aliphatic rings. The van der Waals surface area contributed by atoms with E-state index in [1.807, 2.05) is 0 Å². The van der Waals surface area contributed by atoms with E-state index < -0.39 is 11.5 Å². The molecule has 1 aliphatic carbocycles. The van der Waals surface area contributed by atoms with Gasteiger partial charge in [-0.05, 0) is 30.4 Å². The Hall–Kier alpha value is -2.61. The Labute approximate surface area is 131 Å². The summed E-state index contributed by atoms with van der Waals surface area (Å²) in [6.07, 6.45) is 4.02. The lowest BCUT2D eigenvalue weighted by atomic mass is 9.75. The van der Waals surface area contributed by atoms with Crippen LogP contribution >= 0.6 is 0 Å². The zero-order chi connectivity index (χ0) is 16.4. The largest absolute Gasteiger partial charge is 0.495 e. The van der Waals surface area contributed by atoms with E-state index in [1.54, 1.807) is 18.5 Å². The van der Waals surface area contributed by atoms with Crippen LogP contribution < -0.4 is 15.6 Å². The highest BCUT2D eigenvalue weighted by Gasteiger charge is 2.36. The lowest BCUT2D eigenvalue weighted by Crippen LogP contribution is -2.41. The first-order valence-electron chi connectivity index (χ1n) is 7.23. The van der Waals surface area contributed by atoms with Crippen LogP contribution in [-0.4, -0.2) is 34.4 Å². The van der Waals surface area contributed by atoms with Crippen molar-refractivity contribution < 1.29 is 19.2 Å². The molecule has 1 amide bonds. The molecule has 122 valence electrons. The summed E-state index contributed by atoms with van der Waals surface area (Å²) >= 11 is 0. The van der Waals surface area contributed by atoms with Crippen LogP contribution in [0.4, 0.5) is 0 Å². The van der Waals surface area contributed by atoms with Crippen LogP contribution in [-0.2, 0) is 0 Å². The van der Waals surface area contributed by atoms with Crippen molar-refractivity contribution in [3.63, 3.8) is 0 Å². The van der Waals surface area contributed by atoms with Gasteiger partial charge in [-0.25, -0.2) is 0 Å². The minimum absolute atomic E-state index is 0.0773. The molecule has 3 N–H and O–H groups in total. The summed E-state index contributed by atoms with van der Waals surface area (Å²) in [6, 6.07) is 2.52. The van der Waals surface area contributed by atoms with E-state index in [0.717, 1.165) is 11.6 Å². The number of hydrogen-bond acceptors (Lipinski definition) is 6. The first-order chi connectivity index (χ1) is 11.1. The standard InChI is InChI=1S/C15H17N3O5/c1-22-11-4-9(6-16-7-11)14(8-2-10(19)3-8)17-15(21)12-5-13(20)18-23-12/h4-8,10,14,19H,2-3H2,1H3,(H,17,21)(H,18,20). The fourth-order valence-electron chi connectivity index (χ4n) is 2.70. The molecule has 3 rings (SSSR count). The molecule has 23 heavy (non-hydrogen) atoms. The molecule has 0 saturated heterocycles. The number of carbonyl (C=O) groups is 1. The molecule has 0 spiro atoms. The number of nitrogens with zero attached hydrogens (tertiary/aromatic N) is 1. The van der Waals surface area contributed by atoms with Gasteiger partial charge >= 0.3 is 0 Å². The zero-order valence-electron chi connectivity index (χ0n) is 12.5. The topological polar surface area (TPSA) is 117 Å². The second-order valence-electron chi connectivity index (χ2n) is 5.57. The van der Waals surface area contributed by atoms with Gasteiger partial charge in [0, 0.05) is 6.20 Å². The lowest BCUT2D eigenvalue weighted by molar-refractivity contribution is 0.0230. The molecule has 8 heteroatoms. The summed E-state index contributed by atoms with van der Waals surface area (Å²) in [6.45, 7) is 0. The van der Waals surface area contributed by atoms with Crippen LogP contribution in [0, 0.1) is 5.92 Å². The minimum atomic E-state index is -0.502. The summed E-state index contributed by atoms with van der Waals surface area (Å²) in [5.41, 5.74) is 0.293. The minimum Gasteiger partial charge on any atom is -0.495 e. The number of nitrogens with one attached hydrogen (secondary N) is 2. The maximum Gasteiger partial charge on any atom is 0.290 e. The molecule has 1 saturated carbocycles. The summed E-state index contributed by atoms with van der Waals surface area (Å²) in [7, 11) is 1.54. The Morgan fingerprint density at radius 3 is 2.87 bits per heavy atom. The molecule has 8 nitrogen and oxygen atoms in total. The molecule has 1 unspecified atom stereocenters. The second kappa shape index (κ2) is 6.25. The van der Waals surface area contributed by atoms with Gasteiger partial charge in [0.2, 0.25) is 5.76 Å². The van der Waals surface area contributed by atoms with Crippen LogP contribution in [0.1, 0.15) is 35.0 Å². The third-order valence-corrected chi connectivity index (χ3v) is 3.98. The van der Waals surface area contributed by atoms with Crippen molar-refractivity contribution in [1.82, 2.24) is 15.5 Å². The van der Waals surface area contributed by atoms with E-state index in [9.17, 15) is 14.7 Å². The Morgan fingerprint density at radius 1 is 1.48 bits per heavy atom. The van der Waals surface area contributed by atoms with Gasteiger partial charge in [0.25, 0.3) is 11.5 Å². The summed E-state index contributed by atoms with van der Waals surface area (Å²) in [5, 5.41) is 14.5. The Balaban J connectivity index is 1.83. The fraction of sp³-hybridized carbons (Fsp3) is 0.400. The quantitative estimate of drug-likeness (QED) is 0.743. The average Bonchev–Trinajstić information content (AvgIpc) is 2.96. The Morgan fingerprint density at radius 2 is 2.26 bits per heavy atom. The van der Waals surface area contributed by atoms with Gasteiger partial charge in [-0.3, -0.25) is 14.6 Å². The number of aliphatic hydroxyl groups excluding tert-OH is 1. The maximum atomic E-state index is 12.2. The Kier molecular flexibility index (Phi) is 4.16. The molecule has 0 bridgehead atoms. The van der Waals surface area contributed by atoms with Gasteiger partial charge in [-0.15, -0.1) is 0 Å². The number of hydrogen-bond donors (Lipinski definition) is 3. The predicted molar refractivity (Wildman–Crippen MR) is 79.1 cm³/mol. The van der Waals surface area contributed by atoms with Gasteiger partial charge in [-0.2, -0.15) is 5.16 Å². The van der Waals surface area contributed by atoms with Gasteiger partial charge in [0.05, 0.1) is 31.5 Å². The van der Waals surface area contributed by atoms with Crippen molar-refractivity contribution in [2.24, 2.45) is 5.92 Å². The molecule has 0 aliphatic heterocycles. The number of rotatable bonds is 5. The molecule has 0 radical (unpaired) electrons. The fourth-order valence-corrected chi connectivity index (χ4v) is 2.70. The second-order valence-corrected chi connectivity index (χ2v) is 5.57. The summed E-state index contributed by atoms with van der Waals surface area (Å²) < 4.78 is 9.98. The predicted octanol–water partition coefficient (Wildman–Crippen LogP) is 0.613. The molecule has 1 fully saturated rings. The SMILES string of the molecule is COc1cncc(C(NC(=O)c2cc(=O)[nH]o2)C2CC(O)C2)c1. The van der Waals surface area contributed by atoms with E-state index >= 15 is 0 Å². The van der Waals surface area contributed by atoms with Gasteiger partial charge in [0.1, 0.15) is 5.75 Å². The van der Waals surface area contributed by atoms with E-state index in [4.69, 9.17) is 9.26 Å². The van der Waals surface area contributed by atoms with E-state index in [1.165, 1.54) is 7.11 Å². The third-order valence-electron chi connectivity index (χ3n) is 3.98. The van der Waals surface area contributed by atoms with Crippen molar-refractivity contribution in [1.29, 1.82) is 0 Å². The van der Waals surface area contributed by atoms with Crippen molar-refractivity contribution in [2.45, 2.75) is 25.0 Å². The van der Waals surface area contributed by atoms with Crippen LogP contribution in [0.3, 0.4) is 0 Å². The number of aromatic amines is 1. The highest BCUT2D eigenvalue weighted by atomic mass is 16.5. The van der Waals surface area contributed by atoms with Crippen molar-refractivity contribution in [3.8, 4) is 5.75 Å². The van der Waals surface area contributed by atoms with Gasteiger partial charge in [-0.1, -0.05) is 0 Å². The molecule has 2 aromatic rings. The van der Waals surface area contributed by atoms with E-state index in [2.05, 4.69) is 15.5 Å². The third kappa shape index (κ3) is 3.26. The number of pyridine rings is 1. The molecule has 2 heterocycles. The van der Waals surface area contributed by atoms with Crippen LogP contribution in [0.5, 0.6) is 5.75 Å². The number of H-pyrrole nitrogens is 1. The maximum absolute atomic E-state index is 12.2. The molecule has 2 aromatic heterocycles. The van der Waals surface area contributed by atoms with Crippen LogP contribution in [0.15, 0.2) is 33.8 Å². The van der Waals surface area contributed by atoms with Gasteiger partial charge in [0.15, 0.2) is 0 Å². The number of methoxy groups -OCH3 is 1. The average molecular weight is 319 g/mol. The first-order valence-corrected chi connectivity index (χ1v) is 7.23. The van der Waals surface area contributed by atoms with E-state index in [-0.39, 0.29) is 23.8 Å². The number of carbonyl (C=O) groups excluding carboxylic acids is 1. The molecular weight excluding hydrogens is 302 g/mol. The number of amides is 1. The normalized spacial score (nSPS) is 21.3. The summed E-state index contributed by atoms with van der Waals surface area (Å²) in [4.78, 5) is 27.4.